The molecule has 1 heterocycles. The van der Waals surface area contributed by atoms with E-state index in [2.05, 4.69) is 13.8 Å². The van der Waals surface area contributed by atoms with Crippen molar-refractivity contribution >= 4 is 5.69 Å². The van der Waals surface area contributed by atoms with Crippen LogP contribution < -0.4 is 0 Å². The molecule has 5 nitrogen and oxygen atoms in total. The minimum absolute atomic E-state index is 0.0688. The first-order valence-electron chi connectivity index (χ1n) is 7.17. The van der Waals surface area contributed by atoms with Crippen LogP contribution in [0.2, 0.25) is 0 Å². The maximum Gasteiger partial charge on any atom is 0.269 e. The van der Waals surface area contributed by atoms with E-state index in [0.717, 1.165) is 24.8 Å². The average molecular weight is 279 g/mol. The Kier molecular flexibility index (Phi) is 5.09. The number of ether oxygens (including phenoxy) is 2. The van der Waals surface area contributed by atoms with Gasteiger partial charge in [-0.25, -0.2) is 0 Å². The Balaban J connectivity index is 2.13. The summed E-state index contributed by atoms with van der Waals surface area (Å²) in [4.78, 5) is 10.4. The molecule has 1 fully saturated rings. The Bertz CT molecular complexity index is 463. The van der Waals surface area contributed by atoms with Gasteiger partial charge in [0, 0.05) is 23.6 Å². The zero-order chi connectivity index (χ0) is 14.5. The lowest BCUT2D eigenvalue weighted by molar-refractivity contribution is -0.385. The van der Waals surface area contributed by atoms with Crippen molar-refractivity contribution < 1.29 is 14.4 Å². The second kappa shape index (κ2) is 6.81. The highest BCUT2D eigenvalue weighted by Crippen LogP contribution is 2.33. The normalized spacial score (nSPS) is 26.4. The highest BCUT2D eigenvalue weighted by Gasteiger charge is 2.31. The number of hydrogen-bond donors (Lipinski definition) is 0. The van der Waals surface area contributed by atoms with Crippen molar-refractivity contribution in [2.45, 2.75) is 45.5 Å². The van der Waals surface area contributed by atoms with Crippen molar-refractivity contribution in [3.8, 4) is 0 Å². The van der Waals surface area contributed by atoms with Gasteiger partial charge in [-0.3, -0.25) is 10.1 Å². The van der Waals surface area contributed by atoms with E-state index < -0.39 is 11.2 Å². The van der Waals surface area contributed by atoms with E-state index in [1.54, 1.807) is 6.07 Å². The van der Waals surface area contributed by atoms with E-state index in [9.17, 15) is 10.1 Å². The van der Waals surface area contributed by atoms with Gasteiger partial charge in [0.15, 0.2) is 6.29 Å². The monoisotopic (exact) mass is 279 g/mol. The van der Waals surface area contributed by atoms with Crippen LogP contribution in [0, 0.1) is 16.0 Å². The second-order valence-electron chi connectivity index (χ2n) is 5.15. The summed E-state index contributed by atoms with van der Waals surface area (Å²) in [7, 11) is 0. The number of rotatable bonds is 5. The number of nitro benzene ring substituents is 1. The quantitative estimate of drug-likeness (QED) is 0.607. The van der Waals surface area contributed by atoms with Gasteiger partial charge in [0.05, 0.1) is 17.6 Å². The third-order valence-corrected chi connectivity index (χ3v) is 3.74. The van der Waals surface area contributed by atoms with Crippen LogP contribution in [-0.4, -0.2) is 17.6 Å². The summed E-state index contributed by atoms with van der Waals surface area (Å²) >= 11 is 0. The lowest BCUT2D eigenvalue weighted by Gasteiger charge is -2.36. The predicted molar refractivity (Wildman–Crippen MR) is 75.4 cm³/mol. The SMILES string of the molecule is CCCC1OC(c2cccc([N+](=O)[O-])c2)OCC1CC. The molecule has 1 aliphatic rings. The van der Waals surface area contributed by atoms with E-state index in [1.165, 1.54) is 12.1 Å². The zero-order valence-electron chi connectivity index (χ0n) is 12.0. The topological polar surface area (TPSA) is 61.6 Å². The Morgan fingerprint density at radius 1 is 1.40 bits per heavy atom. The summed E-state index contributed by atoms with van der Waals surface area (Å²) in [6.07, 6.45) is 2.75. The Hall–Kier alpha value is -1.46. The molecular weight excluding hydrogens is 258 g/mol. The molecule has 1 aromatic rings. The van der Waals surface area contributed by atoms with E-state index >= 15 is 0 Å². The lowest BCUT2D eigenvalue weighted by Crippen LogP contribution is -2.35. The molecule has 0 saturated carbocycles. The molecule has 2 rings (SSSR count). The molecule has 0 aliphatic carbocycles. The maximum absolute atomic E-state index is 10.8. The van der Waals surface area contributed by atoms with Gasteiger partial charge in [0.2, 0.25) is 0 Å². The number of nitrogens with zero attached hydrogens (tertiary/aromatic N) is 1. The molecule has 0 N–H and O–H groups in total. The molecule has 5 heteroatoms. The Morgan fingerprint density at radius 2 is 2.20 bits per heavy atom. The highest BCUT2D eigenvalue weighted by atomic mass is 16.7. The molecule has 20 heavy (non-hydrogen) atoms. The van der Waals surface area contributed by atoms with Crippen molar-refractivity contribution in [3.63, 3.8) is 0 Å². The molecule has 0 spiro atoms. The van der Waals surface area contributed by atoms with Crippen LogP contribution in [0.25, 0.3) is 0 Å². The van der Waals surface area contributed by atoms with Crippen LogP contribution in [0.4, 0.5) is 5.69 Å². The van der Waals surface area contributed by atoms with Crippen LogP contribution in [0.15, 0.2) is 24.3 Å². The van der Waals surface area contributed by atoms with Crippen molar-refractivity contribution in [2.24, 2.45) is 5.92 Å². The molecule has 0 aromatic heterocycles. The number of hydrogen-bond acceptors (Lipinski definition) is 4. The predicted octanol–water partition coefficient (Wildman–Crippen LogP) is 3.84. The fourth-order valence-corrected chi connectivity index (χ4v) is 2.56. The van der Waals surface area contributed by atoms with Crippen LogP contribution in [0.5, 0.6) is 0 Å². The zero-order valence-corrected chi connectivity index (χ0v) is 12.0. The molecule has 3 atom stereocenters. The van der Waals surface area contributed by atoms with Gasteiger partial charge < -0.3 is 9.47 Å². The molecule has 1 saturated heterocycles. The molecular formula is C15H21NO4. The fraction of sp³-hybridized carbons (Fsp3) is 0.600. The Morgan fingerprint density at radius 3 is 2.85 bits per heavy atom. The van der Waals surface area contributed by atoms with Crippen molar-refractivity contribution in [1.82, 2.24) is 0 Å². The standard InChI is InChI=1S/C15H21NO4/c1-3-6-14-11(4-2)10-19-15(20-14)12-7-5-8-13(9-12)16(17)18/h5,7-9,11,14-15H,3-4,6,10H2,1-2H3. The minimum Gasteiger partial charge on any atom is -0.348 e. The molecule has 3 unspecified atom stereocenters. The summed E-state index contributed by atoms with van der Waals surface area (Å²) in [6.45, 7) is 4.91. The van der Waals surface area contributed by atoms with Crippen molar-refractivity contribution in [2.75, 3.05) is 6.61 Å². The average Bonchev–Trinajstić information content (AvgIpc) is 2.47. The summed E-state index contributed by atoms with van der Waals surface area (Å²) in [5, 5.41) is 10.8. The van der Waals surface area contributed by atoms with Gasteiger partial charge in [0.25, 0.3) is 5.69 Å². The first-order valence-corrected chi connectivity index (χ1v) is 7.17. The first-order chi connectivity index (χ1) is 9.65. The number of non-ortho nitro benzene ring substituents is 1. The summed E-state index contributed by atoms with van der Waals surface area (Å²) in [5.41, 5.74) is 0.786. The van der Waals surface area contributed by atoms with E-state index in [1.807, 2.05) is 6.07 Å². The van der Waals surface area contributed by atoms with Gasteiger partial charge >= 0.3 is 0 Å². The Labute approximate surface area is 119 Å². The maximum atomic E-state index is 10.8. The third kappa shape index (κ3) is 3.35. The first kappa shape index (κ1) is 14.9. The molecule has 1 aromatic carbocycles. The van der Waals surface area contributed by atoms with Crippen LogP contribution in [-0.2, 0) is 9.47 Å². The molecule has 0 bridgehead atoms. The van der Waals surface area contributed by atoms with Crippen LogP contribution in [0.1, 0.15) is 45.0 Å². The minimum atomic E-state index is -0.491. The van der Waals surface area contributed by atoms with Crippen molar-refractivity contribution in [3.05, 3.63) is 39.9 Å². The van der Waals surface area contributed by atoms with Gasteiger partial charge in [0.1, 0.15) is 0 Å². The summed E-state index contributed by atoms with van der Waals surface area (Å²) in [6, 6.07) is 6.48. The van der Waals surface area contributed by atoms with E-state index in [0.29, 0.717) is 12.5 Å². The van der Waals surface area contributed by atoms with E-state index in [4.69, 9.17) is 9.47 Å². The van der Waals surface area contributed by atoms with Gasteiger partial charge in [-0.2, -0.15) is 0 Å². The van der Waals surface area contributed by atoms with Crippen molar-refractivity contribution in [1.29, 1.82) is 0 Å². The number of benzene rings is 1. The molecule has 110 valence electrons. The summed E-state index contributed by atoms with van der Waals surface area (Å²) < 4.78 is 11.7. The lowest BCUT2D eigenvalue weighted by atomic mass is 9.95. The van der Waals surface area contributed by atoms with Gasteiger partial charge in [-0.05, 0) is 12.8 Å². The third-order valence-electron chi connectivity index (χ3n) is 3.74. The largest absolute Gasteiger partial charge is 0.348 e. The smallest absolute Gasteiger partial charge is 0.269 e. The second-order valence-corrected chi connectivity index (χ2v) is 5.15. The molecule has 1 aliphatic heterocycles. The summed E-state index contributed by atoms with van der Waals surface area (Å²) in [5.74, 6) is 0.407. The van der Waals surface area contributed by atoms with Gasteiger partial charge in [-0.1, -0.05) is 32.4 Å². The fourth-order valence-electron chi connectivity index (χ4n) is 2.56. The highest BCUT2D eigenvalue weighted by molar-refractivity contribution is 5.34. The van der Waals surface area contributed by atoms with E-state index in [-0.39, 0.29) is 11.8 Å². The van der Waals surface area contributed by atoms with Gasteiger partial charge in [-0.15, -0.1) is 0 Å². The number of nitro groups is 1. The molecule has 0 radical (unpaired) electrons. The van der Waals surface area contributed by atoms with Crippen LogP contribution >= 0.6 is 0 Å². The van der Waals surface area contributed by atoms with Crippen LogP contribution in [0.3, 0.4) is 0 Å². The molecule has 0 amide bonds.